The van der Waals surface area contributed by atoms with E-state index in [9.17, 15) is 0 Å². The second kappa shape index (κ2) is 4.28. The van der Waals surface area contributed by atoms with Gasteiger partial charge in [-0.25, -0.2) is 0 Å². The van der Waals surface area contributed by atoms with Gasteiger partial charge in [0.1, 0.15) is 0 Å². The number of rotatable bonds is 3. The van der Waals surface area contributed by atoms with Crippen molar-refractivity contribution in [3.05, 3.63) is 0 Å². The molecule has 0 aliphatic carbocycles. The zero-order valence-corrected chi connectivity index (χ0v) is 6.39. The van der Waals surface area contributed by atoms with Crippen molar-refractivity contribution in [2.45, 2.75) is 12.8 Å². The van der Waals surface area contributed by atoms with Gasteiger partial charge in [-0.1, -0.05) is 0 Å². The maximum absolute atomic E-state index is 4.88. The van der Waals surface area contributed by atoms with E-state index in [-0.39, 0.29) is 0 Å². The third-order valence-corrected chi connectivity index (χ3v) is 1.51. The predicted molar refractivity (Wildman–Crippen MR) is 41.4 cm³/mol. The van der Waals surface area contributed by atoms with Gasteiger partial charge < -0.3 is 10.1 Å². The smallest absolute Gasteiger partial charge is 0.0964 e. The normalized spacial score (nSPS) is 17.1. The molecule has 0 aromatic carbocycles. The average Bonchev–Trinajstić information content (AvgIpc) is 2.41. The molecule has 0 saturated carbocycles. The predicted octanol–water partition coefficient (Wildman–Crippen LogP) is 0.415. The number of hydrogen-bond donors (Lipinski definition) is 1. The summed E-state index contributed by atoms with van der Waals surface area (Å²) < 4.78 is 4.88. The first kappa shape index (κ1) is 7.54. The Labute approximate surface area is 61.5 Å². The van der Waals surface area contributed by atoms with Crippen molar-refractivity contribution in [3.8, 4) is 0 Å². The Bertz CT molecular complexity index is 123. The van der Waals surface area contributed by atoms with Gasteiger partial charge in [0.25, 0.3) is 0 Å². The van der Waals surface area contributed by atoms with Gasteiger partial charge in [0.2, 0.25) is 0 Å². The van der Waals surface area contributed by atoms with Crippen LogP contribution in [0.4, 0.5) is 0 Å². The summed E-state index contributed by atoms with van der Waals surface area (Å²) in [6, 6.07) is 0. The molecule has 1 aliphatic heterocycles. The maximum atomic E-state index is 4.88. The van der Waals surface area contributed by atoms with Gasteiger partial charge in [0.05, 0.1) is 12.4 Å². The Morgan fingerprint density at radius 3 is 3.20 bits per heavy atom. The van der Waals surface area contributed by atoms with E-state index in [1.54, 1.807) is 7.11 Å². The number of amidine groups is 1. The standard InChI is InChI=1S/C7H14N2O/c1-10-6-5-9-7-3-2-4-8-7/h2-6H2,1H3,(H,8,9). The molecule has 3 heteroatoms. The van der Waals surface area contributed by atoms with Gasteiger partial charge in [0.15, 0.2) is 0 Å². The molecule has 0 aromatic rings. The number of nitrogens with one attached hydrogen (secondary N) is 1. The van der Waals surface area contributed by atoms with Crippen molar-refractivity contribution < 1.29 is 4.74 Å². The van der Waals surface area contributed by atoms with Crippen LogP contribution < -0.4 is 5.32 Å². The minimum Gasteiger partial charge on any atom is -0.383 e. The summed E-state index contributed by atoms with van der Waals surface area (Å²) in [4.78, 5) is 4.26. The molecule has 1 heterocycles. The van der Waals surface area contributed by atoms with Crippen molar-refractivity contribution >= 4 is 5.84 Å². The summed E-state index contributed by atoms with van der Waals surface area (Å²) in [5.41, 5.74) is 0. The molecular formula is C7H14N2O. The fourth-order valence-corrected chi connectivity index (χ4v) is 0.981. The van der Waals surface area contributed by atoms with E-state index in [2.05, 4.69) is 10.3 Å². The molecule has 0 saturated heterocycles. The van der Waals surface area contributed by atoms with Gasteiger partial charge >= 0.3 is 0 Å². The Morgan fingerprint density at radius 1 is 1.70 bits per heavy atom. The first-order valence-electron chi connectivity index (χ1n) is 3.69. The molecule has 0 bridgehead atoms. The van der Waals surface area contributed by atoms with Gasteiger partial charge in [-0.05, 0) is 6.42 Å². The van der Waals surface area contributed by atoms with Crippen molar-refractivity contribution in [1.82, 2.24) is 5.32 Å². The van der Waals surface area contributed by atoms with Crippen LogP contribution in [0.5, 0.6) is 0 Å². The summed E-state index contributed by atoms with van der Waals surface area (Å²) in [6.45, 7) is 2.64. The molecule has 1 aliphatic rings. The molecule has 0 aromatic heterocycles. The highest BCUT2D eigenvalue weighted by Gasteiger charge is 2.03. The molecular weight excluding hydrogens is 128 g/mol. The van der Waals surface area contributed by atoms with Crippen LogP contribution in [-0.2, 0) is 4.74 Å². The topological polar surface area (TPSA) is 33.6 Å². The molecule has 0 atom stereocenters. The van der Waals surface area contributed by atoms with Crippen LogP contribution in [0.25, 0.3) is 0 Å². The lowest BCUT2D eigenvalue weighted by atomic mass is 10.3. The number of ether oxygens (including phenoxy) is 1. The van der Waals surface area contributed by atoms with E-state index in [0.717, 1.165) is 32.0 Å². The first-order valence-corrected chi connectivity index (χ1v) is 3.69. The van der Waals surface area contributed by atoms with Gasteiger partial charge in [-0.15, -0.1) is 0 Å². The second-order valence-electron chi connectivity index (χ2n) is 2.35. The molecule has 0 radical (unpaired) electrons. The third kappa shape index (κ3) is 2.35. The van der Waals surface area contributed by atoms with Crippen LogP contribution in [0.15, 0.2) is 4.99 Å². The summed E-state index contributed by atoms with van der Waals surface area (Å²) in [5, 5.41) is 3.21. The van der Waals surface area contributed by atoms with Crippen LogP contribution in [0.3, 0.4) is 0 Å². The third-order valence-electron chi connectivity index (χ3n) is 1.51. The molecule has 1 N–H and O–H groups in total. The Balaban J connectivity index is 2.01. The number of methoxy groups -OCH3 is 1. The molecule has 10 heavy (non-hydrogen) atoms. The Hall–Kier alpha value is -0.570. The molecule has 1 rings (SSSR count). The van der Waals surface area contributed by atoms with Crippen molar-refractivity contribution in [2.24, 2.45) is 4.99 Å². The fourth-order valence-electron chi connectivity index (χ4n) is 0.981. The van der Waals surface area contributed by atoms with Crippen molar-refractivity contribution in [3.63, 3.8) is 0 Å². The van der Waals surface area contributed by atoms with Gasteiger partial charge in [-0.2, -0.15) is 0 Å². The van der Waals surface area contributed by atoms with E-state index in [0.29, 0.717) is 0 Å². The highest BCUT2D eigenvalue weighted by molar-refractivity contribution is 5.83. The summed E-state index contributed by atoms with van der Waals surface area (Å²) in [6.07, 6.45) is 2.32. The summed E-state index contributed by atoms with van der Waals surface area (Å²) in [5.74, 6) is 1.15. The lowest BCUT2D eigenvalue weighted by molar-refractivity contribution is 0.204. The van der Waals surface area contributed by atoms with E-state index >= 15 is 0 Å². The van der Waals surface area contributed by atoms with E-state index in [1.807, 2.05) is 0 Å². The molecule has 58 valence electrons. The van der Waals surface area contributed by atoms with Crippen LogP contribution in [0.2, 0.25) is 0 Å². The summed E-state index contributed by atoms with van der Waals surface area (Å²) in [7, 11) is 1.71. The van der Waals surface area contributed by atoms with Crippen molar-refractivity contribution in [1.29, 1.82) is 0 Å². The molecule has 0 fully saturated rings. The number of nitrogens with zero attached hydrogens (tertiary/aromatic N) is 1. The molecule has 3 nitrogen and oxygen atoms in total. The average molecular weight is 142 g/mol. The lowest BCUT2D eigenvalue weighted by Crippen LogP contribution is -2.25. The number of hydrogen-bond acceptors (Lipinski definition) is 3. The highest BCUT2D eigenvalue weighted by atomic mass is 16.5. The zero-order chi connectivity index (χ0) is 7.23. The minimum atomic E-state index is 0.763. The minimum absolute atomic E-state index is 0.763. The van der Waals surface area contributed by atoms with Gasteiger partial charge in [-0.3, -0.25) is 4.99 Å². The Morgan fingerprint density at radius 2 is 2.60 bits per heavy atom. The van der Waals surface area contributed by atoms with Crippen LogP contribution >= 0.6 is 0 Å². The zero-order valence-electron chi connectivity index (χ0n) is 6.39. The second-order valence-corrected chi connectivity index (χ2v) is 2.35. The summed E-state index contributed by atoms with van der Waals surface area (Å²) >= 11 is 0. The molecule has 0 unspecified atom stereocenters. The molecule has 0 amide bonds. The van der Waals surface area contributed by atoms with Gasteiger partial charge in [0, 0.05) is 26.6 Å². The maximum Gasteiger partial charge on any atom is 0.0964 e. The van der Waals surface area contributed by atoms with Crippen LogP contribution in [0, 0.1) is 0 Å². The quantitative estimate of drug-likeness (QED) is 0.579. The fraction of sp³-hybridized carbons (Fsp3) is 0.857. The van der Waals surface area contributed by atoms with Crippen molar-refractivity contribution in [2.75, 3.05) is 26.8 Å². The largest absolute Gasteiger partial charge is 0.383 e. The van der Waals surface area contributed by atoms with E-state index < -0.39 is 0 Å². The highest BCUT2D eigenvalue weighted by Crippen LogP contribution is 2.00. The Kier molecular flexibility index (Phi) is 3.22. The van der Waals surface area contributed by atoms with Crippen LogP contribution in [-0.4, -0.2) is 32.6 Å². The number of aliphatic imine (C=N–C) groups is 1. The SMILES string of the molecule is COCCNC1=NCCC1. The lowest BCUT2D eigenvalue weighted by Gasteiger charge is -2.02. The van der Waals surface area contributed by atoms with Crippen LogP contribution in [0.1, 0.15) is 12.8 Å². The molecule has 0 spiro atoms. The van der Waals surface area contributed by atoms with E-state index in [1.165, 1.54) is 6.42 Å². The van der Waals surface area contributed by atoms with E-state index in [4.69, 9.17) is 4.74 Å². The monoisotopic (exact) mass is 142 g/mol. The first-order chi connectivity index (χ1) is 4.93.